The predicted octanol–water partition coefficient (Wildman–Crippen LogP) is 5.95. The van der Waals surface area contributed by atoms with E-state index in [1.54, 1.807) is 0 Å². The van der Waals surface area contributed by atoms with Gasteiger partial charge in [-0.25, -0.2) is 4.98 Å². The number of carbonyl (C=O) groups excluding carboxylic acids is 2. The Hall–Kier alpha value is -3.07. The molecule has 2 heterocycles. The quantitative estimate of drug-likeness (QED) is 0.308. The summed E-state index contributed by atoms with van der Waals surface area (Å²) in [4.78, 5) is 34.2. The van der Waals surface area contributed by atoms with Crippen LogP contribution in [0.3, 0.4) is 0 Å². The number of hydrogen-bond donors (Lipinski definition) is 1. The van der Waals surface area contributed by atoms with E-state index in [1.165, 1.54) is 23.1 Å². The Balaban J connectivity index is 1.14. The number of carbonyl (C=O) groups is 2. The van der Waals surface area contributed by atoms with E-state index in [0.717, 1.165) is 49.6 Å². The Labute approximate surface area is 223 Å². The number of halogens is 1. The van der Waals surface area contributed by atoms with Crippen LogP contribution in [0.1, 0.15) is 15.9 Å². The second kappa shape index (κ2) is 10.9. The van der Waals surface area contributed by atoms with Crippen LogP contribution in [0.15, 0.2) is 71.1 Å². The van der Waals surface area contributed by atoms with Gasteiger partial charge in [0, 0.05) is 48.1 Å². The standard InChI is InChI=1S/C27H25ClN4O2S2/c1-18-2-4-19(5-3-18)26(34)29-21-8-11-23-24(16-21)36-27(30-23)35-17-25(33)32-14-12-31(13-15-32)22-9-6-20(28)7-10-22/h2-11,16H,12-15,17H2,1H3,(H,29,34). The first-order valence-electron chi connectivity index (χ1n) is 11.6. The van der Waals surface area contributed by atoms with Crippen LogP contribution in [-0.2, 0) is 4.79 Å². The van der Waals surface area contributed by atoms with Gasteiger partial charge in [0.15, 0.2) is 4.34 Å². The van der Waals surface area contributed by atoms with Crippen LogP contribution in [-0.4, -0.2) is 53.6 Å². The summed E-state index contributed by atoms with van der Waals surface area (Å²) < 4.78 is 1.82. The van der Waals surface area contributed by atoms with Crippen molar-refractivity contribution in [2.24, 2.45) is 0 Å². The minimum atomic E-state index is -0.143. The van der Waals surface area contributed by atoms with Gasteiger partial charge < -0.3 is 15.1 Å². The number of thiazole rings is 1. The number of anilines is 2. The summed E-state index contributed by atoms with van der Waals surface area (Å²) in [7, 11) is 0. The molecule has 1 fully saturated rings. The average Bonchev–Trinajstić information content (AvgIpc) is 3.30. The normalized spacial score (nSPS) is 13.7. The molecular weight excluding hydrogens is 512 g/mol. The van der Waals surface area contributed by atoms with Crippen LogP contribution in [0, 0.1) is 6.92 Å². The van der Waals surface area contributed by atoms with Crippen LogP contribution in [0.25, 0.3) is 10.2 Å². The first kappa shape index (κ1) is 24.6. The third kappa shape index (κ3) is 5.83. The van der Waals surface area contributed by atoms with E-state index in [-0.39, 0.29) is 11.8 Å². The van der Waals surface area contributed by atoms with Gasteiger partial charge in [-0.3, -0.25) is 9.59 Å². The van der Waals surface area contributed by atoms with Gasteiger partial charge in [-0.1, -0.05) is 41.1 Å². The van der Waals surface area contributed by atoms with Crippen LogP contribution in [0.2, 0.25) is 5.02 Å². The van der Waals surface area contributed by atoms with Gasteiger partial charge in [0.05, 0.1) is 16.0 Å². The van der Waals surface area contributed by atoms with Crippen molar-refractivity contribution in [2.45, 2.75) is 11.3 Å². The molecule has 184 valence electrons. The molecule has 2 amide bonds. The Morgan fingerprint density at radius 2 is 1.72 bits per heavy atom. The molecular formula is C27H25ClN4O2S2. The molecule has 3 aromatic carbocycles. The summed E-state index contributed by atoms with van der Waals surface area (Å²) in [5.74, 6) is 0.342. The molecule has 1 N–H and O–H groups in total. The number of thioether (sulfide) groups is 1. The summed E-state index contributed by atoms with van der Waals surface area (Å²) in [6.07, 6.45) is 0. The highest BCUT2D eigenvalue weighted by Crippen LogP contribution is 2.31. The Kier molecular flexibility index (Phi) is 7.46. The fraction of sp³-hybridized carbons (Fsp3) is 0.222. The monoisotopic (exact) mass is 536 g/mol. The zero-order valence-corrected chi connectivity index (χ0v) is 22.1. The van der Waals surface area contributed by atoms with Crippen molar-refractivity contribution in [2.75, 3.05) is 42.1 Å². The molecule has 1 aliphatic heterocycles. The molecule has 0 atom stereocenters. The second-order valence-corrected chi connectivity index (χ2v) is 11.3. The summed E-state index contributed by atoms with van der Waals surface area (Å²) in [5.41, 5.74) is 4.45. The molecule has 9 heteroatoms. The highest BCUT2D eigenvalue weighted by atomic mass is 35.5. The first-order chi connectivity index (χ1) is 17.4. The van der Waals surface area contributed by atoms with E-state index >= 15 is 0 Å². The third-order valence-corrected chi connectivity index (χ3v) is 8.48. The smallest absolute Gasteiger partial charge is 0.255 e. The molecule has 0 unspecified atom stereocenters. The highest BCUT2D eigenvalue weighted by molar-refractivity contribution is 8.01. The summed E-state index contributed by atoms with van der Waals surface area (Å²) >= 11 is 8.99. The van der Waals surface area contributed by atoms with Crippen molar-refractivity contribution in [3.63, 3.8) is 0 Å². The van der Waals surface area contributed by atoms with Crippen molar-refractivity contribution in [3.8, 4) is 0 Å². The number of amides is 2. The van der Waals surface area contributed by atoms with Gasteiger partial charge in [-0.05, 0) is 61.5 Å². The van der Waals surface area contributed by atoms with E-state index in [4.69, 9.17) is 11.6 Å². The lowest BCUT2D eigenvalue weighted by Crippen LogP contribution is -2.49. The lowest BCUT2D eigenvalue weighted by Gasteiger charge is -2.36. The summed E-state index contributed by atoms with van der Waals surface area (Å²) in [6, 6.07) is 21.0. The van der Waals surface area contributed by atoms with Gasteiger partial charge in [0.2, 0.25) is 5.91 Å². The maximum Gasteiger partial charge on any atom is 0.255 e. The largest absolute Gasteiger partial charge is 0.368 e. The van der Waals surface area contributed by atoms with Gasteiger partial charge >= 0.3 is 0 Å². The maximum absolute atomic E-state index is 12.8. The van der Waals surface area contributed by atoms with Gasteiger partial charge in [-0.2, -0.15) is 0 Å². The van der Waals surface area contributed by atoms with Crippen LogP contribution in [0.5, 0.6) is 0 Å². The van der Waals surface area contributed by atoms with Gasteiger partial charge in [0.1, 0.15) is 0 Å². The van der Waals surface area contributed by atoms with Crippen LogP contribution < -0.4 is 10.2 Å². The first-order valence-corrected chi connectivity index (χ1v) is 13.8. The molecule has 6 nitrogen and oxygen atoms in total. The number of aromatic nitrogens is 1. The van der Waals surface area contributed by atoms with Crippen molar-refractivity contribution >= 4 is 68.1 Å². The van der Waals surface area contributed by atoms with Gasteiger partial charge in [0.25, 0.3) is 5.91 Å². The molecule has 0 aliphatic carbocycles. The topological polar surface area (TPSA) is 65.5 Å². The molecule has 0 bridgehead atoms. The second-order valence-electron chi connectivity index (χ2n) is 8.62. The van der Waals surface area contributed by atoms with Crippen molar-refractivity contribution < 1.29 is 9.59 Å². The molecule has 0 saturated carbocycles. The average molecular weight is 537 g/mol. The van der Waals surface area contributed by atoms with Crippen LogP contribution >= 0.6 is 34.7 Å². The Morgan fingerprint density at radius 3 is 2.44 bits per heavy atom. The lowest BCUT2D eigenvalue weighted by atomic mass is 10.1. The maximum atomic E-state index is 12.8. The summed E-state index contributed by atoms with van der Waals surface area (Å²) in [6.45, 7) is 5.00. The zero-order chi connectivity index (χ0) is 25.1. The number of hydrogen-bond acceptors (Lipinski definition) is 6. The molecule has 1 aromatic heterocycles. The van der Waals surface area contributed by atoms with E-state index in [9.17, 15) is 9.59 Å². The summed E-state index contributed by atoms with van der Waals surface area (Å²) in [5, 5.41) is 3.68. The van der Waals surface area contributed by atoms with E-state index < -0.39 is 0 Å². The Bertz CT molecular complexity index is 1380. The fourth-order valence-corrected chi connectivity index (χ4v) is 6.17. The number of rotatable bonds is 6. The number of nitrogens with zero attached hydrogens (tertiary/aromatic N) is 3. The number of nitrogens with one attached hydrogen (secondary N) is 1. The zero-order valence-electron chi connectivity index (χ0n) is 19.7. The fourth-order valence-electron chi connectivity index (χ4n) is 4.03. The van der Waals surface area contributed by atoms with Crippen molar-refractivity contribution in [1.82, 2.24) is 9.88 Å². The molecule has 1 aliphatic rings. The molecule has 5 rings (SSSR count). The van der Waals surface area contributed by atoms with Crippen LogP contribution in [0.4, 0.5) is 11.4 Å². The van der Waals surface area contributed by atoms with E-state index in [1.807, 2.05) is 78.6 Å². The Morgan fingerprint density at radius 1 is 1.00 bits per heavy atom. The molecule has 4 aromatic rings. The molecule has 1 saturated heterocycles. The minimum absolute atomic E-state index is 0.126. The lowest BCUT2D eigenvalue weighted by molar-refractivity contribution is -0.128. The third-order valence-electron chi connectivity index (χ3n) is 6.08. The molecule has 0 spiro atoms. The number of piperazine rings is 1. The molecule has 36 heavy (non-hydrogen) atoms. The predicted molar refractivity (Wildman–Crippen MR) is 150 cm³/mol. The van der Waals surface area contributed by atoms with E-state index in [2.05, 4.69) is 15.2 Å². The van der Waals surface area contributed by atoms with E-state index in [0.29, 0.717) is 24.4 Å². The number of aryl methyl sites for hydroxylation is 1. The minimum Gasteiger partial charge on any atom is -0.368 e. The number of benzene rings is 3. The van der Waals surface area contributed by atoms with Crippen molar-refractivity contribution in [1.29, 1.82) is 0 Å². The van der Waals surface area contributed by atoms with Gasteiger partial charge in [-0.15, -0.1) is 11.3 Å². The highest BCUT2D eigenvalue weighted by Gasteiger charge is 2.22. The SMILES string of the molecule is Cc1ccc(C(=O)Nc2ccc3nc(SCC(=O)N4CCN(c5ccc(Cl)cc5)CC4)sc3c2)cc1. The van der Waals surface area contributed by atoms with Crippen molar-refractivity contribution in [3.05, 3.63) is 82.9 Å². The number of fused-ring (bicyclic) bond motifs is 1. The molecule has 0 radical (unpaired) electrons.